The summed E-state index contributed by atoms with van der Waals surface area (Å²) in [5.74, 6) is 0.680. The number of rotatable bonds is 5. The average Bonchev–Trinajstić information content (AvgIpc) is 2.62. The van der Waals surface area contributed by atoms with E-state index in [4.69, 9.17) is 4.74 Å². The molecule has 1 amide bonds. The summed E-state index contributed by atoms with van der Waals surface area (Å²) < 4.78 is 5.77. The van der Waals surface area contributed by atoms with Crippen molar-refractivity contribution in [2.24, 2.45) is 0 Å². The van der Waals surface area contributed by atoms with E-state index >= 15 is 0 Å². The molecule has 3 rings (SSSR count). The van der Waals surface area contributed by atoms with Crippen LogP contribution in [0.3, 0.4) is 0 Å². The second kappa shape index (κ2) is 9.30. The molecule has 24 heavy (non-hydrogen) atoms. The van der Waals surface area contributed by atoms with Gasteiger partial charge in [0, 0.05) is 11.6 Å². The highest BCUT2D eigenvalue weighted by atomic mass is 35.5. The third kappa shape index (κ3) is 4.98. The Bertz CT molecular complexity index is 643. The Balaban J connectivity index is 0.00000208. The van der Waals surface area contributed by atoms with E-state index in [0.29, 0.717) is 0 Å². The monoisotopic (exact) mass is 346 g/mol. The maximum absolute atomic E-state index is 12.1. The zero-order valence-electron chi connectivity index (χ0n) is 13.5. The van der Waals surface area contributed by atoms with Crippen LogP contribution in [-0.4, -0.2) is 31.6 Å². The van der Waals surface area contributed by atoms with E-state index in [-0.39, 0.29) is 31.0 Å². The van der Waals surface area contributed by atoms with Crippen molar-refractivity contribution in [1.29, 1.82) is 0 Å². The molecule has 0 spiro atoms. The normalized spacial score (nSPS) is 14.5. The number of hydrogen-bond donors (Lipinski definition) is 2. The summed E-state index contributed by atoms with van der Waals surface area (Å²) in [5.41, 5.74) is 2.09. The maximum Gasteiger partial charge on any atom is 0.258 e. The molecule has 0 bridgehead atoms. The first kappa shape index (κ1) is 18.3. The molecule has 1 saturated heterocycles. The van der Waals surface area contributed by atoms with Crippen molar-refractivity contribution in [3.8, 4) is 16.9 Å². The number of nitrogens with one attached hydrogen (secondary N) is 2. The summed E-state index contributed by atoms with van der Waals surface area (Å²) in [4.78, 5) is 12.1. The van der Waals surface area contributed by atoms with Crippen molar-refractivity contribution in [1.82, 2.24) is 10.6 Å². The lowest BCUT2D eigenvalue weighted by Gasteiger charge is -2.23. The molecule has 128 valence electrons. The third-order valence-electron chi connectivity index (χ3n) is 4.03. The summed E-state index contributed by atoms with van der Waals surface area (Å²) in [6, 6.07) is 18.1. The van der Waals surface area contributed by atoms with Gasteiger partial charge >= 0.3 is 0 Å². The Kier molecular flexibility index (Phi) is 7.09. The van der Waals surface area contributed by atoms with Gasteiger partial charge < -0.3 is 15.4 Å². The molecule has 2 aromatic rings. The lowest BCUT2D eigenvalue weighted by molar-refractivity contribution is -0.123. The van der Waals surface area contributed by atoms with Crippen LogP contribution in [0, 0.1) is 0 Å². The summed E-state index contributed by atoms with van der Waals surface area (Å²) >= 11 is 0. The van der Waals surface area contributed by atoms with Gasteiger partial charge in [-0.2, -0.15) is 0 Å². The molecule has 0 unspecified atom stereocenters. The predicted molar refractivity (Wildman–Crippen MR) is 98.7 cm³/mol. The number of amides is 1. The van der Waals surface area contributed by atoms with Crippen molar-refractivity contribution in [2.45, 2.75) is 18.9 Å². The molecule has 0 aromatic heterocycles. The second-order valence-corrected chi connectivity index (χ2v) is 5.74. The van der Waals surface area contributed by atoms with Crippen LogP contribution in [0.15, 0.2) is 54.6 Å². The van der Waals surface area contributed by atoms with Gasteiger partial charge in [-0.3, -0.25) is 4.79 Å². The Labute approximate surface area is 149 Å². The van der Waals surface area contributed by atoms with Crippen LogP contribution in [0.25, 0.3) is 11.1 Å². The minimum absolute atomic E-state index is 0. The van der Waals surface area contributed by atoms with E-state index in [1.54, 1.807) is 0 Å². The van der Waals surface area contributed by atoms with Crippen LogP contribution in [0.1, 0.15) is 12.8 Å². The smallest absolute Gasteiger partial charge is 0.258 e. The van der Waals surface area contributed by atoms with Crippen LogP contribution in [0.5, 0.6) is 5.75 Å². The highest BCUT2D eigenvalue weighted by Crippen LogP contribution is 2.29. The molecule has 1 aliphatic rings. The Morgan fingerprint density at radius 3 is 2.46 bits per heavy atom. The first-order chi connectivity index (χ1) is 11.3. The fraction of sp³-hybridized carbons (Fsp3) is 0.316. The maximum atomic E-state index is 12.1. The van der Waals surface area contributed by atoms with Crippen LogP contribution in [-0.2, 0) is 4.79 Å². The molecule has 4 nitrogen and oxygen atoms in total. The number of hydrogen-bond acceptors (Lipinski definition) is 3. The van der Waals surface area contributed by atoms with E-state index in [0.717, 1.165) is 42.8 Å². The molecular formula is C19H23ClN2O2. The quantitative estimate of drug-likeness (QED) is 0.875. The van der Waals surface area contributed by atoms with E-state index in [1.807, 2.05) is 54.6 Å². The number of halogens is 1. The summed E-state index contributed by atoms with van der Waals surface area (Å²) in [6.07, 6.45) is 1.96. The number of benzene rings is 2. The molecular weight excluding hydrogens is 324 g/mol. The molecule has 0 saturated carbocycles. The predicted octanol–water partition coefficient (Wildman–Crippen LogP) is 3.02. The lowest BCUT2D eigenvalue weighted by atomic mass is 10.1. The fourth-order valence-electron chi connectivity index (χ4n) is 2.83. The minimum atomic E-state index is -0.0558. The van der Waals surface area contributed by atoms with E-state index in [2.05, 4.69) is 10.6 Å². The minimum Gasteiger partial charge on any atom is -0.483 e. The van der Waals surface area contributed by atoms with Crippen LogP contribution in [0.2, 0.25) is 0 Å². The highest BCUT2D eigenvalue weighted by molar-refractivity contribution is 5.85. The van der Waals surface area contributed by atoms with Crippen LogP contribution >= 0.6 is 12.4 Å². The molecule has 2 N–H and O–H groups in total. The Morgan fingerprint density at radius 1 is 1.04 bits per heavy atom. The van der Waals surface area contributed by atoms with Crippen molar-refractivity contribution < 1.29 is 9.53 Å². The van der Waals surface area contributed by atoms with Gasteiger partial charge in [0.2, 0.25) is 0 Å². The zero-order chi connectivity index (χ0) is 15.9. The number of carbonyl (C=O) groups is 1. The van der Waals surface area contributed by atoms with E-state index in [1.165, 1.54) is 0 Å². The van der Waals surface area contributed by atoms with E-state index < -0.39 is 0 Å². The van der Waals surface area contributed by atoms with Crippen molar-refractivity contribution >= 4 is 18.3 Å². The lowest BCUT2D eigenvalue weighted by Crippen LogP contribution is -2.44. The average molecular weight is 347 g/mol. The summed E-state index contributed by atoms with van der Waals surface area (Å²) in [6.45, 7) is 1.97. The van der Waals surface area contributed by atoms with Gasteiger partial charge in [-0.05, 0) is 37.6 Å². The second-order valence-electron chi connectivity index (χ2n) is 5.74. The van der Waals surface area contributed by atoms with Gasteiger partial charge in [0.25, 0.3) is 5.91 Å². The molecule has 0 aliphatic carbocycles. The molecule has 0 atom stereocenters. The third-order valence-corrected chi connectivity index (χ3v) is 4.03. The van der Waals surface area contributed by atoms with Gasteiger partial charge in [-0.1, -0.05) is 48.5 Å². The molecule has 0 radical (unpaired) electrons. The molecule has 5 heteroatoms. The first-order valence-electron chi connectivity index (χ1n) is 8.10. The molecule has 1 heterocycles. The largest absolute Gasteiger partial charge is 0.483 e. The zero-order valence-corrected chi connectivity index (χ0v) is 14.4. The van der Waals surface area contributed by atoms with Gasteiger partial charge in [0.1, 0.15) is 5.75 Å². The number of carbonyl (C=O) groups excluding carboxylic acids is 1. The topological polar surface area (TPSA) is 50.4 Å². The number of ether oxygens (including phenoxy) is 1. The van der Waals surface area contributed by atoms with Crippen molar-refractivity contribution in [3.63, 3.8) is 0 Å². The summed E-state index contributed by atoms with van der Waals surface area (Å²) in [7, 11) is 0. The number of para-hydroxylation sites is 1. The van der Waals surface area contributed by atoms with Gasteiger partial charge in [-0.25, -0.2) is 0 Å². The Morgan fingerprint density at radius 2 is 1.71 bits per heavy atom. The standard InChI is InChI=1S/C19H22N2O2.ClH/c22-19(21-16-10-12-20-13-11-16)14-23-18-9-5-4-8-17(18)15-6-2-1-3-7-15;/h1-9,16,20H,10-14H2,(H,21,22);1H. The van der Waals surface area contributed by atoms with Crippen LogP contribution in [0.4, 0.5) is 0 Å². The molecule has 1 aliphatic heterocycles. The first-order valence-corrected chi connectivity index (χ1v) is 8.10. The Hall–Kier alpha value is -2.04. The van der Waals surface area contributed by atoms with Gasteiger partial charge in [0.15, 0.2) is 6.61 Å². The molecule has 2 aromatic carbocycles. The van der Waals surface area contributed by atoms with Gasteiger partial charge in [-0.15, -0.1) is 12.4 Å². The highest BCUT2D eigenvalue weighted by Gasteiger charge is 2.16. The molecule has 1 fully saturated rings. The SMILES string of the molecule is Cl.O=C(COc1ccccc1-c1ccccc1)NC1CCNCC1. The summed E-state index contributed by atoms with van der Waals surface area (Å²) in [5, 5.41) is 6.33. The van der Waals surface area contributed by atoms with Crippen molar-refractivity contribution in [2.75, 3.05) is 19.7 Å². The van der Waals surface area contributed by atoms with E-state index in [9.17, 15) is 4.79 Å². The van der Waals surface area contributed by atoms with Crippen LogP contribution < -0.4 is 15.4 Å². The number of piperidine rings is 1. The fourth-order valence-corrected chi connectivity index (χ4v) is 2.83. The van der Waals surface area contributed by atoms with Gasteiger partial charge in [0.05, 0.1) is 0 Å². The van der Waals surface area contributed by atoms with Crippen molar-refractivity contribution in [3.05, 3.63) is 54.6 Å².